The first kappa shape index (κ1) is 49.3. The number of nitrogens with zero attached hydrogens (tertiary/aromatic N) is 2. The molecule has 2 heterocycles. The molecule has 2 aromatic heterocycles. The smallest absolute Gasteiger partial charge is 0.159 e. The minimum atomic E-state index is -0.0818. The third-order valence-electron chi connectivity index (χ3n) is 16.8. The molecule has 4 heteroatoms. The maximum absolute atomic E-state index is 7.18. The zero-order valence-corrected chi connectivity index (χ0v) is 47.6. The lowest BCUT2D eigenvalue weighted by Gasteiger charge is -2.34. The molecule has 0 saturated carbocycles. The molecule has 0 radical (unpaired) electrons. The summed E-state index contributed by atoms with van der Waals surface area (Å²) in [7, 11) is 0. The van der Waals surface area contributed by atoms with Crippen LogP contribution in [0, 0.1) is 41.5 Å². The number of para-hydroxylation sites is 2. The molecule has 0 aliphatic rings. The Morgan fingerprint density at radius 3 is 1.04 bits per heavy atom. The lowest BCUT2D eigenvalue weighted by Crippen LogP contribution is -2.18. The molecule has 12 aromatic rings. The van der Waals surface area contributed by atoms with Gasteiger partial charge in [-0.25, -0.2) is 0 Å². The van der Waals surface area contributed by atoms with Gasteiger partial charge in [-0.1, -0.05) is 178 Å². The van der Waals surface area contributed by atoms with Crippen molar-refractivity contribution in [3.63, 3.8) is 0 Å². The van der Waals surface area contributed by atoms with E-state index in [0.717, 1.165) is 100 Å². The highest BCUT2D eigenvalue weighted by Crippen LogP contribution is 2.55. The van der Waals surface area contributed by atoms with E-state index in [1.54, 1.807) is 0 Å². The molecule has 0 aliphatic carbocycles. The molecule has 0 fully saturated rings. The second-order valence-electron chi connectivity index (χ2n) is 24.8. The summed E-state index contributed by atoms with van der Waals surface area (Å²) < 4.78 is 14.4. The highest BCUT2D eigenvalue weighted by molar-refractivity contribution is 6.30. The molecule has 0 spiro atoms. The molecule has 0 aliphatic heterocycles. The fourth-order valence-electron chi connectivity index (χ4n) is 12.4. The summed E-state index contributed by atoms with van der Waals surface area (Å²) in [6.07, 6.45) is 0. The van der Waals surface area contributed by atoms with Gasteiger partial charge in [0.1, 0.15) is 11.2 Å². The van der Waals surface area contributed by atoms with Gasteiger partial charge in [-0.2, -0.15) is 0 Å². The normalized spacial score (nSPS) is 12.7. The Labute approximate surface area is 449 Å². The van der Waals surface area contributed by atoms with Crippen molar-refractivity contribution in [1.82, 2.24) is 0 Å². The van der Waals surface area contributed by atoms with Crippen LogP contribution in [0.4, 0.5) is 34.1 Å². The van der Waals surface area contributed by atoms with E-state index in [-0.39, 0.29) is 22.7 Å². The van der Waals surface area contributed by atoms with Gasteiger partial charge in [-0.15, -0.1) is 0 Å². The van der Waals surface area contributed by atoms with Crippen molar-refractivity contribution >= 4 is 110 Å². The molecular formula is C72H72N2O2. The van der Waals surface area contributed by atoms with Gasteiger partial charge in [-0.05, 0) is 166 Å². The fourth-order valence-corrected chi connectivity index (χ4v) is 12.4. The quantitative estimate of drug-likeness (QED) is 0.142. The van der Waals surface area contributed by atoms with Crippen molar-refractivity contribution < 1.29 is 8.83 Å². The molecule has 0 bridgehead atoms. The second-order valence-corrected chi connectivity index (χ2v) is 24.8. The van der Waals surface area contributed by atoms with Gasteiger partial charge in [-0.3, -0.25) is 0 Å². The summed E-state index contributed by atoms with van der Waals surface area (Å²) in [5, 5.41) is 12.1. The topological polar surface area (TPSA) is 32.8 Å². The van der Waals surface area contributed by atoms with Gasteiger partial charge in [0.2, 0.25) is 0 Å². The first-order valence-electron chi connectivity index (χ1n) is 27.6. The number of fused-ring (bicyclic) bond motifs is 6. The average Bonchev–Trinajstić information content (AvgIpc) is 3.95. The van der Waals surface area contributed by atoms with Crippen LogP contribution in [0.2, 0.25) is 0 Å². The molecular weight excluding hydrogens is 925 g/mol. The van der Waals surface area contributed by atoms with Gasteiger partial charge in [0.15, 0.2) is 11.2 Å². The van der Waals surface area contributed by atoms with Gasteiger partial charge in [0.25, 0.3) is 0 Å². The molecule has 0 N–H and O–H groups in total. The zero-order chi connectivity index (χ0) is 53.6. The van der Waals surface area contributed by atoms with E-state index in [1.165, 1.54) is 65.7 Å². The number of benzene rings is 10. The lowest BCUT2D eigenvalue weighted by atomic mass is 9.83. The van der Waals surface area contributed by atoms with E-state index >= 15 is 0 Å². The highest BCUT2D eigenvalue weighted by atomic mass is 16.3. The Hall–Kier alpha value is -7.56. The molecule has 0 atom stereocenters. The molecule has 0 saturated heterocycles. The molecule has 12 rings (SSSR count). The summed E-state index contributed by atoms with van der Waals surface area (Å²) >= 11 is 0. The Morgan fingerprint density at radius 2 is 0.671 bits per heavy atom. The Balaban J connectivity index is 1.26. The maximum Gasteiger partial charge on any atom is 0.159 e. The van der Waals surface area contributed by atoms with Gasteiger partial charge in [0, 0.05) is 43.7 Å². The van der Waals surface area contributed by atoms with Crippen molar-refractivity contribution in [1.29, 1.82) is 0 Å². The Morgan fingerprint density at radius 1 is 0.329 bits per heavy atom. The van der Waals surface area contributed by atoms with Crippen molar-refractivity contribution in [2.24, 2.45) is 0 Å². The minimum Gasteiger partial charge on any atom is -0.454 e. The SMILES string of the molecule is Cc1ccc(C(C)(C)C)cc1N(c1cc(C(C)C)c2ccc3c(N(c4cc(C(C)(C)C)ccc4C)c4c(C)ccc5c4oc4c(C)cccc45)cc(C(C)C)c4ccc1c2c43)c1c(C)ccc2c1oc1c(C)cccc12. The Kier molecular flexibility index (Phi) is 11.4. The van der Waals surface area contributed by atoms with E-state index in [0.29, 0.717) is 0 Å². The average molecular weight is 997 g/mol. The van der Waals surface area contributed by atoms with E-state index in [4.69, 9.17) is 8.83 Å². The van der Waals surface area contributed by atoms with Crippen LogP contribution in [0.3, 0.4) is 0 Å². The van der Waals surface area contributed by atoms with Crippen LogP contribution in [-0.2, 0) is 10.8 Å². The van der Waals surface area contributed by atoms with E-state index in [2.05, 4.69) is 254 Å². The van der Waals surface area contributed by atoms with Crippen LogP contribution >= 0.6 is 0 Å². The van der Waals surface area contributed by atoms with E-state index < -0.39 is 0 Å². The predicted octanol–water partition coefficient (Wildman–Crippen LogP) is 22.0. The third kappa shape index (κ3) is 7.53. The first-order chi connectivity index (χ1) is 36.1. The predicted molar refractivity (Wildman–Crippen MR) is 328 cm³/mol. The maximum atomic E-state index is 7.18. The monoisotopic (exact) mass is 997 g/mol. The summed E-state index contributed by atoms with van der Waals surface area (Å²) in [6, 6.07) is 51.0. The van der Waals surface area contributed by atoms with Crippen molar-refractivity contribution in [2.75, 3.05) is 9.80 Å². The zero-order valence-electron chi connectivity index (χ0n) is 47.6. The van der Waals surface area contributed by atoms with Gasteiger partial charge in [0.05, 0.1) is 22.7 Å². The standard InChI is InChI=1S/C72H72N2O2/c1-39(2)57-37-61(73(59-35-47(71(11,12)13)27-23-41(59)5)65-43(7)25-29-53-51-21-17-19-45(9)67(51)75-69(53)65)55-34-32-50-58(40(3)4)38-62(56-33-31-49(57)63(55)64(50)56)74(60-36-48(72(14,15)16)28-24-42(60)6)66-44(8)26-30-54-52-22-18-20-46(10)68(52)76-70(54)66/h17-40H,1-16H3. The van der Waals surface area contributed by atoms with Crippen molar-refractivity contribution in [2.45, 2.75) is 133 Å². The molecule has 10 aromatic carbocycles. The Bertz CT molecular complexity index is 4050. The summed E-state index contributed by atoms with van der Waals surface area (Å²) in [6.45, 7) is 36.7. The third-order valence-corrected chi connectivity index (χ3v) is 16.8. The van der Waals surface area contributed by atoms with E-state index in [1.807, 2.05) is 0 Å². The minimum absolute atomic E-state index is 0.0818. The van der Waals surface area contributed by atoms with Gasteiger partial charge < -0.3 is 18.6 Å². The van der Waals surface area contributed by atoms with Crippen molar-refractivity contribution in [3.05, 3.63) is 189 Å². The van der Waals surface area contributed by atoms with Crippen LogP contribution in [0.5, 0.6) is 0 Å². The lowest BCUT2D eigenvalue weighted by molar-refractivity contribution is 0.590. The van der Waals surface area contributed by atoms with E-state index in [9.17, 15) is 0 Å². The van der Waals surface area contributed by atoms with Crippen LogP contribution in [-0.4, -0.2) is 0 Å². The summed E-state index contributed by atoms with van der Waals surface area (Å²) in [4.78, 5) is 5.15. The molecule has 0 unspecified atom stereocenters. The molecule has 4 nitrogen and oxygen atoms in total. The molecule has 382 valence electrons. The summed E-state index contributed by atoms with van der Waals surface area (Å²) in [5.74, 6) is 0.441. The number of hydrogen-bond acceptors (Lipinski definition) is 4. The largest absolute Gasteiger partial charge is 0.454 e. The summed E-state index contributed by atoms with van der Waals surface area (Å²) in [5.41, 5.74) is 22.4. The van der Waals surface area contributed by atoms with Crippen LogP contribution < -0.4 is 9.80 Å². The first-order valence-corrected chi connectivity index (χ1v) is 27.6. The second kappa shape index (κ2) is 17.5. The highest BCUT2D eigenvalue weighted by Gasteiger charge is 2.32. The number of anilines is 6. The molecule has 76 heavy (non-hydrogen) atoms. The van der Waals surface area contributed by atoms with Crippen LogP contribution in [0.1, 0.15) is 137 Å². The van der Waals surface area contributed by atoms with Crippen molar-refractivity contribution in [3.8, 4) is 0 Å². The van der Waals surface area contributed by atoms with Gasteiger partial charge >= 0.3 is 0 Å². The number of hydrogen-bond donors (Lipinski definition) is 0. The fraction of sp³-hybridized carbons (Fsp3) is 0.278. The number of aryl methyl sites for hydroxylation is 6. The number of rotatable bonds is 8. The molecule has 0 amide bonds. The van der Waals surface area contributed by atoms with Crippen LogP contribution in [0.25, 0.3) is 76.2 Å². The number of furan rings is 2. The van der Waals surface area contributed by atoms with Crippen LogP contribution in [0.15, 0.2) is 142 Å².